The third kappa shape index (κ3) is 4.77. The van der Waals surface area contributed by atoms with E-state index in [2.05, 4.69) is 40.9 Å². The van der Waals surface area contributed by atoms with Gasteiger partial charge in [-0.2, -0.15) is 5.10 Å². The molecule has 11 nitrogen and oxygen atoms in total. The zero-order chi connectivity index (χ0) is 21.0. The summed E-state index contributed by atoms with van der Waals surface area (Å²) in [6, 6.07) is 7.03. The van der Waals surface area contributed by atoms with Crippen LogP contribution in [0.1, 0.15) is 21.7 Å². The molecule has 0 bridgehead atoms. The summed E-state index contributed by atoms with van der Waals surface area (Å²) in [5.41, 5.74) is 8.19. The first kappa shape index (κ1) is 19.6. The number of hydrogen-bond donors (Lipinski definition) is 5. The van der Waals surface area contributed by atoms with Crippen LogP contribution >= 0.6 is 0 Å². The molecule has 0 saturated heterocycles. The van der Waals surface area contributed by atoms with Gasteiger partial charge in [0.25, 0.3) is 5.91 Å². The van der Waals surface area contributed by atoms with Crippen LogP contribution in [0.25, 0.3) is 0 Å². The van der Waals surface area contributed by atoms with E-state index in [1.54, 1.807) is 24.3 Å². The van der Waals surface area contributed by atoms with Gasteiger partial charge in [-0.05, 0) is 31.5 Å². The van der Waals surface area contributed by atoms with Crippen molar-refractivity contribution in [2.45, 2.75) is 13.8 Å². The molecule has 0 saturated carbocycles. The molecule has 3 rings (SSSR count). The fourth-order valence-electron chi connectivity index (χ4n) is 2.46. The lowest BCUT2D eigenvalue weighted by atomic mass is 10.2. The number of aromatic amines is 1. The van der Waals surface area contributed by atoms with Crippen molar-refractivity contribution in [3.8, 4) is 0 Å². The molecular weight excluding hydrogens is 376 g/mol. The maximum atomic E-state index is 11.8. The summed E-state index contributed by atoms with van der Waals surface area (Å²) in [6.07, 6.45) is 0.789. The summed E-state index contributed by atoms with van der Waals surface area (Å²) in [5.74, 6) is 0.336. The number of carbonyl (C=O) groups excluding carboxylic acids is 2. The fraction of sp³-hybridized carbons (Fsp3) is 0.167. The lowest BCUT2D eigenvalue weighted by Crippen LogP contribution is -2.17. The summed E-state index contributed by atoms with van der Waals surface area (Å²) < 4.78 is 4.62. The van der Waals surface area contributed by atoms with Gasteiger partial charge in [0.15, 0.2) is 23.1 Å². The summed E-state index contributed by atoms with van der Waals surface area (Å²) >= 11 is 0. The number of anilines is 5. The molecule has 0 aliphatic heterocycles. The third-order valence-corrected chi connectivity index (χ3v) is 3.89. The van der Waals surface area contributed by atoms with Crippen LogP contribution in [0.3, 0.4) is 0 Å². The monoisotopic (exact) mass is 396 g/mol. The molecule has 0 radical (unpaired) electrons. The van der Waals surface area contributed by atoms with Crippen molar-refractivity contribution in [3.05, 3.63) is 47.4 Å². The highest BCUT2D eigenvalue weighted by atomic mass is 16.5. The number of ether oxygens (including phenoxy) is 1. The Bertz CT molecular complexity index is 1060. The highest BCUT2D eigenvalue weighted by Crippen LogP contribution is 2.25. The van der Waals surface area contributed by atoms with Crippen molar-refractivity contribution in [3.63, 3.8) is 0 Å². The van der Waals surface area contributed by atoms with Crippen LogP contribution in [-0.4, -0.2) is 39.3 Å². The van der Waals surface area contributed by atoms with Gasteiger partial charge in [0.1, 0.15) is 0 Å². The molecule has 0 unspecified atom stereocenters. The number of nitrogens with zero attached hydrogens (tertiary/aromatic N) is 3. The Hall–Kier alpha value is -4.15. The van der Waals surface area contributed by atoms with Gasteiger partial charge in [0.05, 0.1) is 13.3 Å². The van der Waals surface area contributed by atoms with Gasteiger partial charge in [-0.25, -0.2) is 14.8 Å². The summed E-state index contributed by atoms with van der Waals surface area (Å²) in [4.78, 5) is 31.7. The molecule has 3 aromatic rings. The van der Waals surface area contributed by atoms with Gasteiger partial charge >= 0.3 is 6.09 Å². The van der Waals surface area contributed by atoms with E-state index in [1.165, 1.54) is 13.3 Å². The van der Waals surface area contributed by atoms with Gasteiger partial charge in [-0.1, -0.05) is 6.07 Å². The average molecular weight is 396 g/mol. The second-order valence-corrected chi connectivity index (χ2v) is 6.15. The number of aryl methyl sites for hydroxylation is 2. The number of carbonyl (C=O) groups is 2. The fourth-order valence-corrected chi connectivity index (χ4v) is 2.46. The topological polar surface area (TPSA) is 160 Å². The van der Waals surface area contributed by atoms with Gasteiger partial charge < -0.3 is 21.1 Å². The molecular formula is C18H20N8O3. The Kier molecular flexibility index (Phi) is 5.58. The molecule has 2 amide bonds. The highest BCUT2D eigenvalue weighted by Gasteiger charge is 2.15. The van der Waals surface area contributed by atoms with Crippen LogP contribution in [0.5, 0.6) is 0 Å². The van der Waals surface area contributed by atoms with E-state index >= 15 is 0 Å². The molecule has 0 atom stereocenters. The molecule has 2 aromatic heterocycles. The number of rotatable bonds is 6. The van der Waals surface area contributed by atoms with E-state index in [1.807, 2.05) is 13.8 Å². The van der Waals surface area contributed by atoms with Gasteiger partial charge in [-0.15, -0.1) is 0 Å². The number of methoxy groups -OCH3 is 1. The van der Waals surface area contributed by atoms with Crippen molar-refractivity contribution in [2.75, 3.05) is 23.1 Å². The highest BCUT2D eigenvalue weighted by molar-refractivity contribution is 5.96. The molecule has 0 aliphatic carbocycles. The lowest BCUT2D eigenvalue weighted by Gasteiger charge is -2.13. The van der Waals surface area contributed by atoms with E-state index < -0.39 is 12.0 Å². The predicted molar refractivity (Wildman–Crippen MR) is 108 cm³/mol. The summed E-state index contributed by atoms with van der Waals surface area (Å²) in [5, 5.41) is 15.5. The zero-order valence-corrected chi connectivity index (χ0v) is 16.0. The molecule has 150 valence electrons. The first-order valence-electron chi connectivity index (χ1n) is 8.54. The molecule has 11 heteroatoms. The van der Waals surface area contributed by atoms with Crippen molar-refractivity contribution >= 4 is 40.8 Å². The van der Waals surface area contributed by atoms with Gasteiger partial charge in [0.2, 0.25) is 0 Å². The van der Waals surface area contributed by atoms with Crippen molar-refractivity contribution in [1.29, 1.82) is 0 Å². The Morgan fingerprint density at radius 1 is 1.14 bits per heavy atom. The average Bonchev–Trinajstić information content (AvgIpc) is 3.09. The minimum absolute atomic E-state index is 0.0307. The van der Waals surface area contributed by atoms with E-state index in [4.69, 9.17) is 5.73 Å². The van der Waals surface area contributed by atoms with Crippen LogP contribution in [0.2, 0.25) is 0 Å². The number of benzene rings is 1. The minimum atomic E-state index is -0.734. The number of H-pyrrole nitrogens is 1. The molecule has 1 aromatic carbocycles. The van der Waals surface area contributed by atoms with Crippen molar-refractivity contribution in [2.24, 2.45) is 5.73 Å². The molecule has 0 aliphatic rings. The van der Waals surface area contributed by atoms with Gasteiger partial charge in [-0.3, -0.25) is 15.2 Å². The normalized spacial score (nSPS) is 10.3. The number of primary amides is 1. The number of hydrogen-bond acceptors (Lipinski definition) is 8. The molecule has 0 fully saturated rings. The predicted octanol–water partition coefficient (Wildman–Crippen LogP) is 2.58. The second kappa shape index (κ2) is 8.25. The van der Waals surface area contributed by atoms with E-state index in [0.29, 0.717) is 23.0 Å². The number of nitrogens with one attached hydrogen (secondary N) is 4. The zero-order valence-electron chi connectivity index (χ0n) is 16.0. The maximum Gasteiger partial charge on any atom is 0.411 e. The molecule has 2 heterocycles. The summed E-state index contributed by atoms with van der Waals surface area (Å²) in [7, 11) is 1.28. The van der Waals surface area contributed by atoms with Crippen molar-refractivity contribution < 1.29 is 14.3 Å². The molecule has 6 N–H and O–H groups in total. The van der Waals surface area contributed by atoms with Crippen LogP contribution in [0, 0.1) is 13.8 Å². The first-order valence-corrected chi connectivity index (χ1v) is 8.54. The standard InChI is InChI=1S/C18H20N8O3/c1-9-4-5-11(7-12(9)22-18(28)29-3)21-17-15(16(19)27)20-8-14(24-17)23-13-6-10(2)25-26-13/h4-8H,1-3H3,(H2,19,27)(H,22,28)(H3,21,23,24,25,26). The Morgan fingerprint density at radius 2 is 1.93 bits per heavy atom. The van der Waals surface area contributed by atoms with E-state index in [0.717, 1.165) is 11.3 Å². The largest absolute Gasteiger partial charge is 0.453 e. The Labute approximate surface area is 166 Å². The third-order valence-electron chi connectivity index (χ3n) is 3.89. The van der Waals surface area contributed by atoms with Crippen LogP contribution in [-0.2, 0) is 4.74 Å². The van der Waals surface area contributed by atoms with E-state index in [9.17, 15) is 9.59 Å². The second-order valence-electron chi connectivity index (χ2n) is 6.15. The first-order chi connectivity index (χ1) is 13.9. The van der Waals surface area contributed by atoms with Crippen LogP contribution < -0.4 is 21.7 Å². The Morgan fingerprint density at radius 3 is 2.59 bits per heavy atom. The lowest BCUT2D eigenvalue weighted by molar-refractivity contribution is 0.0996. The molecule has 29 heavy (non-hydrogen) atoms. The smallest absolute Gasteiger partial charge is 0.411 e. The van der Waals surface area contributed by atoms with Crippen LogP contribution in [0.15, 0.2) is 30.5 Å². The number of amides is 2. The quantitative estimate of drug-likeness (QED) is 0.425. The minimum Gasteiger partial charge on any atom is -0.453 e. The van der Waals surface area contributed by atoms with Crippen LogP contribution in [0.4, 0.5) is 33.6 Å². The SMILES string of the molecule is COC(=O)Nc1cc(Nc2nc(Nc3cc(C)[nH]n3)cnc2C(N)=O)ccc1C. The molecule has 0 spiro atoms. The number of nitrogens with two attached hydrogens (primary N) is 1. The number of aromatic nitrogens is 4. The van der Waals surface area contributed by atoms with Crippen molar-refractivity contribution in [1.82, 2.24) is 20.2 Å². The Balaban J connectivity index is 1.90. The van der Waals surface area contributed by atoms with E-state index in [-0.39, 0.29) is 11.5 Å². The van der Waals surface area contributed by atoms with Gasteiger partial charge in [0, 0.05) is 23.1 Å². The summed E-state index contributed by atoms with van der Waals surface area (Å²) in [6.45, 7) is 3.70. The maximum absolute atomic E-state index is 11.8.